The summed E-state index contributed by atoms with van der Waals surface area (Å²) < 4.78 is 17.0. The highest BCUT2D eigenvalue weighted by Gasteiger charge is 2.50. The van der Waals surface area contributed by atoms with Crippen LogP contribution in [0.25, 0.3) is 0 Å². The molecule has 1 heterocycles. The molecule has 0 radical (unpaired) electrons. The first-order chi connectivity index (χ1) is 22.1. The number of phenols is 2. The minimum absolute atomic E-state index is 0.0173. The van der Waals surface area contributed by atoms with E-state index in [1.165, 1.54) is 25.3 Å². The van der Waals surface area contributed by atoms with Crippen LogP contribution in [0.5, 0.6) is 17.2 Å². The lowest BCUT2D eigenvalue weighted by molar-refractivity contribution is -0.247. The molecule has 2 aromatic carbocycles. The van der Waals surface area contributed by atoms with Crippen molar-refractivity contribution in [2.45, 2.75) is 62.4 Å². The molecule has 5 rings (SSSR count). The molecule has 16 nitrogen and oxygen atoms in total. The second-order valence-electron chi connectivity index (χ2n) is 11.2. The number of carboxylic acid groups (broad SMARTS) is 2. The van der Waals surface area contributed by atoms with Crippen molar-refractivity contribution in [3.63, 3.8) is 0 Å². The van der Waals surface area contributed by atoms with Gasteiger partial charge in [-0.25, -0.2) is 9.59 Å². The molecule has 0 aromatic heterocycles. The van der Waals surface area contributed by atoms with Gasteiger partial charge in [-0.3, -0.25) is 14.4 Å². The zero-order valence-electron chi connectivity index (χ0n) is 25.1. The third-order valence-corrected chi connectivity index (χ3v) is 8.17. The molecule has 3 aliphatic rings. The third-order valence-electron chi connectivity index (χ3n) is 8.17. The number of aliphatic carboxylic acids is 2. The molecule has 0 spiro atoms. The van der Waals surface area contributed by atoms with Crippen molar-refractivity contribution in [3.8, 4) is 17.2 Å². The number of carbonyl (C=O) groups is 5. The fourth-order valence-corrected chi connectivity index (χ4v) is 5.89. The van der Waals surface area contributed by atoms with E-state index in [0.29, 0.717) is 12.2 Å². The molecule has 1 saturated heterocycles. The quantitative estimate of drug-likeness (QED) is 0.119. The van der Waals surface area contributed by atoms with E-state index in [4.69, 9.17) is 30.2 Å². The molecular formula is C31H33NO15. The van der Waals surface area contributed by atoms with Crippen LogP contribution in [0.1, 0.15) is 68.8 Å². The van der Waals surface area contributed by atoms with Crippen LogP contribution in [-0.4, -0.2) is 109 Å². The molecule has 2 aliphatic carbocycles. The predicted octanol–water partition coefficient (Wildman–Crippen LogP) is -0.287. The van der Waals surface area contributed by atoms with E-state index < -0.39 is 108 Å². The van der Waals surface area contributed by atoms with Gasteiger partial charge in [0.25, 0.3) is 0 Å². The van der Waals surface area contributed by atoms with Crippen LogP contribution in [0.2, 0.25) is 0 Å². The van der Waals surface area contributed by atoms with Crippen LogP contribution in [0.15, 0.2) is 30.4 Å². The number of nitrogens with two attached hydrogens (primary N) is 1. The molecule has 16 heteroatoms. The second-order valence-corrected chi connectivity index (χ2v) is 11.2. The number of ether oxygens (including phenoxy) is 3. The summed E-state index contributed by atoms with van der Waals surface area (Å²) in [6.07, 6.45) is -4.01. The summed E-state index contributed by atoms with van der Waals surface area (Å²) in [4.78, 5) is 58.8. The Bertz CT molecular complexity index is 1640. The van der Waals surface area contributed by atoms with Crippen LogP contribution < -0.4 is 10.5 Å². The maximum absolute atomic E-state index is 13.6. The van der Waals surface area contributed by atoms with Crippen LogP contribution in [-0.2, 0) is 30.3 Å². The first-order valence-corrected chi connectivity index (χ1v) is 14.2. The van der Waals surface area contributed by atoms with Gasteiger partial charge in [-0.05, 0) is 13.0 Å². The van der Waals surface area contributed by atoms with E-state index in [1.807, 2.05) is 0 Å². The first-order valence-electron chi connectivity index (χ1n) is 14.2. The number of hydrogen-bond donors (Lipinski definition) is 8. The number of carbonyl (C=O) groups excluding carboxylic acids is 3. The van der Waals surface area contributed by atoms with Gasteiger partial charge in [0.15, 0.2) is 17.9 Å². The number of benzene rings is 2. The van der Waals surface area contributed by atoms with Crippen molar-refractivity contribution in [3.05, 3.63) is 63.7 Å². The Morgan fingerprint density at radius 2 is 1.66 bits per heavy atom. The number of methoxy groups -OCH3 is 1. The van der Waals surface area contributed by atoms with Crippen molar-refractivity contribution in [1.82, 2.24) is 0 Å². The zero-order chi connectivity index (χ0) is 35.0. The molecule has 47 heavy (non-hydrogen) atoms. The number of carboxylic acids is 2. The van der Waals surface area contributed by atoms with Gasteiger partial charge < -0.3 is 55.7 Å². The van der Waals surface area contributed by atoms with Crippen molar-refractivity contribution in [1.29, 1.82) is 0 Å². The molecule has 2 aromatic rings. The summed E-state index contributed by atoms with van der Waals surface area (Å²) in [5.41, 5.74) is 2.37. The Morgan fingerprint density at radius 1 is 1.04 bits per heavy atom. The molecule has 1 aliphatic heterocycles. The highest BCUT2D eigenvalue weighted by atomic mass is 16.7. The summed E-state index contributed by atoms with van der Waals surface area (Å²) in [7, 11) is 1.32. The van der Waals surface area contributed by atoms with Crippen molar-refractivity contribution in [2.24, 2.45) is 5.73 Å². The van der Waals surface area contributed by atoms with Crippen molar-refractivity contribution >= 4 is 29.3 Å². The van der Waals surface area contributed by atoms with Crippen LogP contribution in [0, 0.1) is 0 Å². The largest absolute Gasteiger partial charge is 0.507 e. The van der Waals surface area contributed by atoms with Gasteiger partial charge in [0.2, 0.25) is 5.78 Å². The van der Waals surface area contributed by atoms with Gasteiger partial charge in [-0.2, -0.15) is 0 Å². The van der Waals surface area contributed by atoms with E-state index in [2.05, 4.69) is 0 Å². The van der Waals surface area contributed by atoms with E-state index >= 15 is 0 Å². The van der Waals surface area contributed by atoms with E-state index in [-0.39, 0.29) is 34.4 Å². The molecule has 6 atom stereocenters. The Hall–Kier alpha value is -4.71. The Labute approximate surface area is 266 Å². The number of hydrogen-bond acceptors (Lipinski definition) is 14. The van der Waals surface area contributed by atoms with Gasteiger partial charge in [0.05, 0.1) is 42.1 Å². The molecule has 0 amide bonds. The highest BCUT2D eigenvalue weighted by molar-refractivity contribution is 6.31. The monoisotopic (exact) mass is 659 g/mol. The standard InChI is InChI=1S/C27H29NO11.C4H4O4/c1-10-22(31)13(28)6-17(38-10)39-15-8-27(36,16(30)9-29)7-12-19(15)26(35)21-20(24(12)33)23(32)11-4-3-5-14(37-2)18(11)25(21)34;5-3(6)1-2-4(7)8/h3-5,10,13,15,17,22,29,31,33,35-36H,6-9,28H2,1-2H3;1-2H,(H,5,6)(H,7,8)/b;2-1-/t10-,13-,15-,17-,22+,27-;/m0./s1. The fraction of sp³-hybridized carbons (Fsp3) is 0.387. The molecule has 1 fully saturated rings. The lowest BCUT2D eigenvalue weighted by Crippen LogP contribution is -2.53. The molecule has 9 N–H and O–H groups in total. The lowest BCUT2D eigenvalue weighted by Gasteiger charge is -2.42. The average Bonchev–Trinajstić information content (AvgIpc) is 3.02. The summed E-state index contributed by atoms with van der Waals surface area (Å²) >= 11 is 0. The molecular weight excluding hydrogens is 626 g/mol. The Morgan fingerprint density at radius 3 is 2.21 bits per heavy atom. The van der Waals surface area contributed by atoms with Crippen LogP contribution in [0.4, 0.5) is 0 Å². The summed E-state index contributed by atoms with van der Waals surface area (Å²) in [5, 5.41) is 69.3. The number of ketones is 3. The molecule has 0 unspecified atom stereocenters. The van der Waals surface area contributed by atoms with Gasteiger partial charge in [-0.15, -0.1) is 0 Å². The predicted molar refractivity (Wildman–Crippen MR) is 156 cm³/mol. The fourth-order valence-electron chi connectivity index (χ4n) is 5.89. The lowest BCUT2D eigenvalue weighted by atomic mass is 9.72. The number of aliphatic hydroxyl groups excluding tert-OH is 2. The number of rotatable bonds is 7. The summed E-state index contributed by atoms with van der Waals surface area (Å²) in [6.45, 7) is 0.560. The smallest absolute Gasteiger partial charge is 0.328 e. The number of fused-ring (bicyclic) bond motifs is 3. The third kappa shape index (κ3) is 6.60. The normalized spacial score (nSPS) is 26.4. The minimum Gasteiger partial charge on any atom is -0.507 e. The van der Waals surface area contributed by atoms with Gasteiger partial charge in [0.1, 0.15) is 29.5 Å². The number of phenolic OH excluding ortho intramolecular Hbond substituents is 2. The van der Waals surface area contributed by atoms with Crippen molar-refractivity contribution in [2.75, 3.05) is 13.7 Å². The van der Waals surface area contributed by atoms with Crippen LogP contribution >= 0.6 is 0 Å². The topological polar surface area (TPSA) is 281 Å². The zero-order valence-corrected chi connectivity index (χ0v) is 25.1. The molecule has 0 bridgehead atoms. The maximum atomic E-state index is 13.6. The van der Waals surface area contributed by atoms with Crippen LogP contribution in [0.3, 0.4) is 0 Å². The second kappa shape index (κ2) is 13.6. The van der Waals surface area contributed by atoms with E-state index in [1.54, 1.807) is 6.92 Å². The molecule has 0 saturated carbocycles. The number of aliphatic hydroxyl groups is 3. The SMILES string of the molecule is COc1cccc2c1C(=O)c1c(O)c3c(c(O)c1C2=O)C[C@@](O)(C(=O)CO)C[C@@H]3O[C@H]1C[C@H](N)[C@H](O)[C@H](C)O1.O=C(O)/C=C\C(=O)O. The maximum Gasteiger partial charge on any atom is 0.328 e. The molecule has 252 valence electrons. The van der Waals surface area contributed by atoms with Crippen molar-refractivity contribution < 1.29 is 73.9 Å². The summed E-state index contributed by atoms with van der Waals surface area (Å²) in [5.74, 6) is -6.29. The minimum atomic E-state index is -2.24. The Balaban J connectivity index is 0.000000555. The highest BCUT2D eigenvalue weighted by Crippen LogP contribution is 2.52. The first kappa shape index (κ1) is 35.1. The number of aromatic hydroxyl groups is 2. The average molecular weight is 660 g/mol. The van der Waals surface area contributed by atoms with Gasteiger partial charge in [-0.1, -0.05) is 12.1 Å². The number of Topliss-reactive ketones (excluding diaryl/α,β-unsaturated/α-hetero) is 1. The van der Waals surface area contributed by atoms with Gasteiger partial charge in [0, 0.05) is 54.1 Å². The van der Waals surface area contributed by atoms with E-state index in [0.717, 1.165) is 0 Å². The van der Waals surface area contributed by atoms with Gasteiger partial charge >= 0.3 is 11.9 Å². The summed E-state index contributed by atoms with van der Waals surface area (Å²) in [6, 6.07) is 3.64. The Kier molecular flexibility index (Phi) is 10.1. The van der Waals surface area contributed by atoms with E-state index in [9.17, 15) is 49.5 Å².